The largest absolute Gasteiger partial charge is 0.480 e. The van der Waals surface area contributed by atoms with E-state index in [9.17, 15) is 15.2 Å². The molecule has 2 aromatic carbocycles. The number of nitrogens with one attached hydrogen (secondary N) is 1. The first-order chi connectivity index (χ1) is 11.0. The van der Waals surface area contributed by atoms with E-state index in [4.69, 9.17) is 5.73 Å². The van der Waals surface area contributed by atoms with E-state index in [1.807, 2.05) is 30.3 Å². The maximum absolute atomic E-state index is 11.6. The van der Waals surface area contributed by atoms with Crippen molar-refractivity contribution in [1.29, 1.82) is 5.26 Å². The van der Waals surface area contributed by atoms with Crippen LogP contribution >= 0.6 is 0 Å². The van der Waals surface area contributed by atoms with E-state index in [1.165, 1.54) is 12.3 Å². The van der Waals surface area contributed by atoms with Gasteiger partial charge in [0.2, 0.25) is 0 Å². The molecule has 0 amide bonds. The predicted octanol–water partition coefficient (Wildman–Crippen LogP) is 3.12. The topological polar surface area (TPSA) is 99.1 Å². The summed E-state index contributed by atoms with van der Waals surface area (Å²) in [5.74, 6) is -1.04. The number of anilines is 2. The number of nitrogens with zero attached hydrogens (tertiary/aromatic N) is 1. The molecule has 0 radical (unpaired) electrons. The Morgan fingerprint density at radius 1 is 1.30 bits per heavy atom. The zero-order chi connectivity index (χ0) is 16.9. The lowest BCUT2D eigenvalue weighted by Gasteiger charge is -2.22. The summed E-state index contributed by atoms with van der Waals surface area (Å²) in [7, 11) is 0. The fourth-order valence-corrected chi connectivity index (χ4v) is 2.23. The van der Waals surface area contributed by atoms with Gasteiger partial charge in [0.05, 0.1) is 11.3 Å². The highest BCUT2D eigenvalue weighted by molar-refractivity contribution is 5.84. The molecule has 0 aliphatic carbocycles. The van der Waals surface area contributed by atoms with Gasteiger partial charge in [-0.05, 0) is 49.0 Å². The minimum atomic E-state index is -1.29. The first-order valence-corrected chi connectivity index (χ1v) is 7.01. The molecule has 0 heterocycles. The molecule has 0 saturated carbocycles. The molecule has 2 rings (SSSR count). The molecule has 2 aromatic rings. The number of aliphatic carboxylic acids is 1. The van der Waals surface area contributed by atoms with E-state index in [1.54, 1.807) is 25.1 Å². The van der Waals surface area contributed by atoms with Crippen molar-refractivity contribution in [2.45, 2.75) is 12.3 Å². The lowest BCUT2D eigenvalue weighted by atomic mass is 9.81. The molecule has 0 spiro atoms. The molecule has 1 atom stereocenters. The molecule has 116 valence electrons. The number of nitrogens with two attached hydrogens (primary N) is 1. The van der Waals surface area contributed by atoms with Gasteiger partial charge in [-0.1, -0.05) is 24.3 Å². The number of benzene rings is 2. The van der Waals surface area contributed by atoms with Crippen LogP contribution in [-0.4, -0.2) is 11.1 Å². The van der Waals surface area contributed by atoms with Crippen LogP contribution < -0.4 is 11.1 Å². The standard InChI is InChI=1S/C18H17N3O2/c1-18(9-10-19,17(22)23)14-7-8-16(13(11-14)12-20)21-15-5-3-2-4-6-15/h2-11,21H,19H2,1H3,(H,22,23)/b10-9-. The zero-order valence-corrected chi connectivity index (χ0v) is 12.7. The molecule has 4 N–H and O–H groups in total. The van der Waals surface area contributed by atoms with Crippen LogP contribution in [0, 0.1) is 11.3 Å². The Bertz CT molecular complexity index is 779. The molecule has 23 heavy (non-hydrogen) atoms. The Kier molecular flexibility index (Phi) is 4.67. The summed E-state index contributed by atoms with van der Waals surface area (Å²) in [5, 5.41) is 22.0. The number of nitriles is 1. The van der Waals surface area contributed by atoms with E-state index in [-0.39, 0.29) is 0 Å². The van der Waals surface area contributed by atoms with Crippen molar-refractivity contribution in [2.24, 2.45) is 5.73 Å². The summed E-state index contributed by atoms with van der Waals surface area (Å²) < 4.78 is 0. The van der Waals surface area contributed by atoms with E-state index < -0.39 is 11.4 Å². The third kappa shape index (κ3) is 3.33. The number of carbonyl (C=O) groups is 1. The second-order valence-corrected chi connectivity index (χ2v) is 5.23. The summed E-state index contributed by atoms with van der Waals surface area (Å²) in [6, 6.07) is 16.5. The van der Waals surface area contributed by atoms with Gasteiger partial charge >= 0.3 is 5.97 Å². The van der Waals surface area contributed by atoms with Crippen LogP contribution in [-0.2, 0) is 10.2 Å². The normalized spacial score (nSPS) is 13.2. The minimum absolute atomic E-state index is 0.365. The van der Waals surface area contributed by atoms with Gasteiger partial charge in [0.1, 0.15) is 11.5 Å². The molecule has 1 unspecified atom stereocenters. The van der Waals surface area contributed by atoms with E-state index in [0.29, 0.717) is 16.8 Å². The molecule has 0 aliphatic rings. The van der Waals surface area contributed by atoms with Gasteiger partial charge in [0, 0.05) is 5.69 Å². The molecular weight excluding hydrogens is 290 g/mol. The Hall–Kier alpha value is -3.26. The fraction of sp³-hybridized carbons (Fsp3) is 0.111. The van der Waals surface area contributed by atoms with Crippen molar-refractivity contribution >= 4 is 17.3 Å². The lowest BCUT2D eigenvalue weighted by Crippen LogP contribution is -2.30. The van der Waals surface area contributed by atoms with Crippen molar-refractivity contribution in [3.05, 3.63) is 71.9 Å². The molecular formula is C18H17N3O2. The average Bonchev–Trinajstić information content (AvgIpc) is 2.56. The number of hydrogen-bond donors (Lipinski definition) is 3. The molecule has 0 aromatic heterocycles. The zero-order valence-electron chi connectivity index (χ0n) is 12.7. The highest BCUT2D eigenvalue weighted by atomic mass is 16.4. The van der Waals surface area contributed by atoms with Crippen molar-refractivity contribution in [2.75, 3.05) is 5.32 Å². The first kappa shape index (κ1) is 16.1. The molecule has 5 nitrogen and oxygen atoms in total. The summed E-state index contributed by atoms with van der Waals surface area (Å²) in [4.78, 5) is 11.6. The second kappa shape index (κ2) is 6.67. The maximum atomic E-state index is 11.6. The van der Waals surface area contributed by atoms with E-state index >= 15 is 0 Å². The predicted molar refractivity (Wildman–Crippen MR) is 89.2 cm³/mol. The van der Waals surface area contributed by atoms with E-state index in [0.717, 1.165) is 5.69 Å². The SMILES string of the molecule is CC(/C=C\N)(C(=O)O)c1ccc(Nc2ccccc2)c(C#N)c1. The number of rotatable bonds is 5. The van der Waals surface area contributed by atoms with Crippen LogP contribution in [0.4, 0.5) is 11.4 Å². The van der Waals surface area contributed by atoms with Crippen LogP contribution in [0.15, 0.2) is 60.8 Å². The number of hydrogen-bond acceptors (Lipinski definition) is 4. The average molecular weight is 307 g/mol. The second-order valence-electron chi connectivity index (χ2n) is 5.23. The van der Waals surface area contributed by atoms with Gasteiger partial charge in [-0.3, -0.25) is 4.79 Å². The minimum Gasteiger partial charge on any atom is -0.480 e. The highest BCUT2D eigenvalue weighted by Crippen LogP contribution is 2.30. The van der Waals surface area contributed by atoms with Crippen molar-refractivity contribution in [3.8, 4) is 6.07 Å². The molecule has 0 fully saturated rings. The molecule has 5 heteroatoms. The summed E-state index contributed by atoms with van der Waals surface area (Å²) in [6.07, 6.45) is 2.60. The summed E-state index contributed by atoms with van der Waals surface area (Å²) in [6.45, 7) is 1.54. The lowest BCUT2D eigenvalue weighted by molar-refractivity contribution is -0.141. The third-order valence-corrected chi connectivity index (χ3v) is 3.67. The van der Waals surface area contributed by atoms with Gasteiger partial charge in [-0.25, -0.2) is 0 Å². The van der Waals surface area contributed by atoms with E-state index in [2.05, 4.69) is 11.4 Å². The van der Waals surface area contributed by atoms with Crippen LogP contribution in [0.5, 0.6) is 0 Å². The smallest absolute Gasteiger partial charge is 0.317 e. The Morgan fingerprint density at radius 2 is 2.00 bits per heavy atom. The molecule has 0 aliphatic heterocycles. The van der Waals surface area contributed by atoms with Gasteiger partial charge in [0.15, 0.2) is 0 Å². The number of carboxylic acids is 1. The van der Waals surface area contributed by atoms with Gasteiger partial charge < -0.3 is 16.2 Å². The van der Waals surface area contributed by atoms with Crippen LogP contribution in [0.3, 0.4) is 0 Å². The molecule has 0 bridgehead atoms. The van der Waals surface area contributed by atoms with Gasteiger partial charge in [0.25, 0.3) is 0 Å². The van der Waals surface area contributed by atoms with Crippen LogP contribution in [0.2, 0.25) is 0 Å². The molecule has 0 saturated heterocycles. The Morgan fingerprint density at radius 3 is 2.57 bits per heavy atom. The number of para-hydroxylation sites is 1. The summed E-state index contributed by atoms with van der Waals surface area (Å²) >= 11 is 0. The summed E-state index contributed by atoms with van der Waals surface area (Å²) in [5.41, 5.74) is 6.40. The van der Waals surface area contributed by atoms with Crippen LogP contribution in [0.1, 0.15) is 18.1 Å². The fourth-order valence-electron chi connectivity index (χ4n) is 2.23. The van der Waals surface area contributed by atoms with Crippen molar-refractivity contribution in [3.63, 3.8) is 0 Å². The monoisotopic (exact) mass is 307 g/mol. The first-order valence-electron chi connectivity index (χ1n) is 7.01. The Balaban J connectivity index is 2.44. The Labute approximate surface area is 134 Å². The van der Waals surface area contributed by atoms with Crippen LogP contribution in [0.25, 0.3) is 0 Å². The third-order valence-electron chi connectivity index (χ3n) is 3.67. The van der Waals surface area contributed by atoms with Crippen molar-refractivity contribution < 1.29 is 9.90 Å². The number of carboxylic acid groups (broad SMARTS) is 1. The van der Waals surface area contributed by atoms with Gasteiger partial charge in [-0.2, -0.15) is 5.26 Å². The van der Waals surface area contributed by atoms with Gasteiger partial charge in [-0.15, -0.1) is 0 Å². The van der Waals surface area contributed by atoms with Crippen molar-refractivity contribution in [1.82, 2.24) is 0 Å². The maximum Gasteiger partial charge on any atom is 0.317 e. The highest BCUT2D eigenvalue weighted by Gasteiger charge is 2.32. The quantitative estimate of drug-likeness (QED) is 0.788.